The number of rotatable bonds is 2. The molecule has 13 heavy (non-hydrogen) atoms. The van der Waals surface area contributed by atoms with Gasteiger partial charge < -0.3 is 9.72 Å². The molecule has 0 amide bonds. The number of H-pyrrole nitrogens is 1. The van der Waals surface area contributed by atoms with Crippen LogP contribution in [0.15, 0.2) is 28.8 Å². The van der Waals surface area contributed by atoms with Gasteiger partial charge in [-0.2, -0.15) is 0 Å². The SMILES string of the molecule is O=c1[nH]ccn1CC1=CCCOC1. The molecule has 2 rings (SSSR count). The number of hydrogen-bond donors (Lipinski definition) is 1. The minimum Gasteiger partial charge on any atom is -0.377 e. The van der Waals surface area contributed by atoms with Gasteiger partial charge in [0.2, 0.25) is 0 Å². The molecule has 1 aromatic rings. The van der Waals surface area contributed by atoms with Gasteiger partial charge in [0.15, 0.2) is 0 Å². The first-order valence-electron chi connectivity index (χ1n) is 4.36. The van der Waals surface area contributed by atoms with Crippen molar-refractivity contribution in [1.29, 1.82) is 0 Å². The van der Waals surface area contributed by atoms with Crippen LogP contribution in [0.5, 0.6) is 0 Å². The Morgan fingerprint density at radius 2 is 2.54 bits per heavy atom. The van der Waals surface area contributed by atoms with Crippen LogP contribution >= 0.6 is 0 Å². The number of ether oxygens (including phenoxy) is 1. The Labute approximate surface area is 75.8 Å². The summed E-state index contributed by atoms with van der Waals surface area (Å²) >= 11 is 0. The van der Waals surface area contributed by atoms with E-state index in [1.807, 2.05) is 0 Å². The van der Waals surface area contributed by atoms with Crippen molar-refractivity contribution in [2.75, 3.05) is 13.2 Å². The second-order valence-corrected chi connectivity index (χ2v) is 3.10. The van der Waals surface area contributed by atoms with Gasteiger partial charge in [0.25, 0.3) is 0 Å². The summed E-state index contributed by atoms with van der Waals surface area (Å²) in [5, 5.41) is 0. The number of imidazole rings is 1. The summed E-state index contributed by atoms with van der Waals surface area (Å²) in [6.07, 6.45) is 6.49. The van der Waals surface area contributed by atoms with Crippen molar-refractivity contribution in [2.24, 2.45) is 0 Å². The lowest BCUT2D eigenvalue weighted by Gasteiger charge is -2.13. The summed E-state index contributed by atoms with van der Waals surface area (Å²) in [7, 11) is 0. The third-order valence-corrected chi connectivity index (χ3v) is 2.08. The van der Waals surface area contributed by atoms with Crippen molar-refractivity contribution in [3.63, 3.8) is 0 Å². The zero-order chi connectivity index (χ0) is 9.10. The van der Waals surface area contributed by atoms with E-state index in [1.165, 1.54) is 5.57 Å². The fourth-order valence-electron chi connectivity index (χ4n) is 1.41. The monoisotopic (exact) mass is 180 g/mol. The summed E-state index contributed by atoms with van der Waals surface area (Å²) < 4.78 is 6.92. The Morgan fingerprint density at radius 3 is 3.15 bits per heavy atom. The highest BCUT2D eigenvalue weighted by atomic mass is 16.5. The van der Waals surface area contributed by atoms with Crippen LogP contribution < -0.4 is 5.69 Å². The molecule has 0 saturated heterocycles. The molecule has 0 atom stereocenters. The third-order valence-electron chi connectivity index (χ3n) is 2.08. The van der Waals surface area contributed by atoms with Crippen LogP contribution in [0.1, 0.15) is 6.42 Å². The molecule has 0 radical (unpaired) electrons. The van der Waals surface area contributed by atoms with Gasteiger partial charge in [-0.15, -0.1) is 0 Å². The molecule has 1 aliphatic heterocycles. The molecule has 0 aliphatic carbocycles. The van der Waals surface area contributed by atoms with Crippen LogP contribution in [0.25, 0.3) is 0 Å². The van der Waals surface area contributed by atoms with E-state index >= 15 is 0 Å². The van der Waals surface area contributed by atoms with Gasteiger partial charge in [-0.3, -0.25) is 4.57 Å². The highest BCUT2D eigenvalue weighted by Crippen LogP contribution is 2.06. The number of aromatic nitrogens is 2. The van der Waals surface area contributed by atoms with E-state index in [2.05, 4.69) is 11.1 Å². The Bertz CT molecular complexity index is 362. The molecule has 0 saturated carbocycles. The normalized spacial score (nSPS) is 17.1. The lowest BCUT2D eigenvalue weighted by atomic mass is 10.2. The molecule has 0 spiro atoms. The molecular weight excluding hydrogens is 168 g/mol. The molecule has 4 nitrogen and oxygen atoms in total. The van der Waals surface area contributed by atoms with Gasteiger partial charge >= 0.3 is 5.69 Å². The minimum atomic E-state index is -0.0635. The van der Waals surface area contributed by atoms with Crippen LogP contribution in [0.2, 0.25) is 0 Å². The number of hydrogen-bond acceptors (Lipinski definition) is 2. The van der Waals surface area contributed by atoms with Gasteiger partial charge in [0.05, 0.1) is 19.8 Å². The van der Waals surface area contributed by atoms with Crippen LogP contribution in [-0.2, 0) is 11.3 Å². The summed E-state index contributed by atoms with van der Waals surface area (Å²) in [6, 6.07) is 0. The molecule has 70 valence electrons. The van der Waals surface area contributed by atoms with Crippen molar-refractivity contribution in [3.8, 4) is 0 Å². The predicted octanol–water partition coefficient (Wildman–Crippen LogP) is 0.523. The first-order valence-corrected chi connectivity index (χ1v) is 4.36. The predicted molar refractivity (Wildman–Crippen MR) is 48.6 cm³/mol. The second kappa shape index (κ2) is 3.62. The zero-order valence-corrected chi connectivity index (χ0v) is 7.32. The van der Waals surface area contributed by atoms with Crippen LogP contribution in [0, 0.1) is 0 Å². The first kappa shape index (κ1) is 8.31. The van der Waals surface area contributed by atoms with Gasteiger partial charge in [0, 0.05) is 12.4 Å². The molecule has 0 fully saturated rings. The highest BCUT2D eigenvalue weighted by molar-refractivity contribution is 5.05. The molecule has 0 aromatic carbocycles. The average molecular weight is 180 g/mol. The molecule has 1 aliphatic rings. The van der Waals surface area contributed by atoms with E-state index in [9.17, 15) is 4.79 Å². The summed E-state index contributed by atoms with van der Waals surface area (Å²) in [5.41, 5.74) is 1.11. The van der Waals surface area contributed by atoms with Gasteiger partial charge in [-0.1, -0.05) is 6.08 Å². The van der Waals surface area contributed by atoms with Crippen LogP contribution in [-0.4, -0.2) is 22.8 Å². The summed E-state index contributed by atoms with van der Waals surface area (Å²) in [5.74, 6) is 0. The molecular formula is C9H12N2O2. The zero-order valence-electron chi connectivity index (χ0n) is 7.32. The molecule has 1 N–H and O–H groups in total. The van der Waals surface area contributed by atoms with E-state index in [0.717, 1.165) is 13.0 Å². The third kappa shape index (κ3) is 1.89. The van der Waals surface area contributed by atoms with Crippen molar-refractivity contribution in [1.82, 2.24) is 9.55 Å². The fraction of sp³-hybridized carbons (Fsp3) is 0.444. The lowest BCUT2D eigenvalue weighted by Crippen LogP contribution is -2.20. The molecule has 1 aromatic heterocycles. The molecule has 4 heteroatoms. The van der Waals surface area contributed by atoms with Crippen molar-refractivity contribution < 1.29 is 4.74 Å². The summed E-state index contributed by atoms with van der Waals surface area (Å²) in [6.45, 7) is 2.09. The first-order chi connectivity index (χ1) is 6.36. The quantitative estimate of drug-likeness (QED) is 0.674. The van der Waals surface area contributed by atoms with E-state index in [-0.39, 0.29) is 5.69 Å². The highest BCUT2D eigenvalue weighted by Gasteiger charge is 2.05. The van der Waals surface area contributed by atoms with Gasteiger partial charge in [-0.05, 0) is 12.0 Å². The van der Waals surface area contributed by atoms with E-state index < -0.39 is 0 Å². The minimum absolute atomic E-state index is 0.0635. The Hall–Kier alpha value is -1.29. The van der Waals surface area contributed by atoms with Crippen LogP contribution in [0.4, 0.5) is 0 Å². The van der Waals surface area contributed by atoms with Crippen molar-refractivity contribution >= 4 is 0 Å². The standard InChI is InChI=1S/C9H12N2O2/c12-9-10-3-4-11(9)6-8-2-1-5-13-7-8/h2-4H,1,5-7H2,(H,10,12). The van der Waals surface area contributed by atoms with Gasteiger partial charge in [0.1, 0.15) is 0 Å². The second-order valence-electron chi connectivity index (χ2n) is 3.10. The number of aromatic amines is 1. The molecule has 2 heterocycles. The summed E-state index contributed by atoms with van der Waals surface area (Å²) in [4.78, 5) is 13.7. The largest absolute Gasteiger partial charge is 0.377 e. The smallest absolute Gasteiger partial charge is 0.325 e. The topological polar surface area (TPSA) is 47.0 Å². The van der Waals surface area contributed by atoms with Crippen molar-refractivity contribution in [3.05, 3.63) is 34.5 Å². The Balaban J connectivity index is 2.09. The van der Waals surface area contributed by atoms with Crippen molar-refractivity contribution in [2.45, 2.75) is 13.0 Å². The van der Waals surface area contributed by atoms with E-state index in [1.54, 1.807) is 17.0 Å². The maximum Gasteiger partial charge on any atom is 0.325 e. The Morgan fingerprint density at radius 1 is 1.62 bits per heavy atom. The lowest BCUT2D eigenvalue weighted by molar-refractivity contribution is 0.147. The van der Waals surface area contributed by atoms with Crippen LogP contribution in [0.3, 0.4) is 0 Å². The average Bonchev–Trinajstić information content (AvgIpc) is 2.54. The number of nitrogens with zero attached hydrogens (tertiary/aromatic N) is 1. The number of nitrogens with one attached hydrogen (secondary N) is 1. The van der Waals surface area contributed by atoms with E-state index in [0.29, 0.717) is 13.2 Å². The fourth-order valence-corrected chi connectivity index (χ4v) is 1.41. The maximum atomic E-state index is 11.1. The molecule has 0 bridgehead atoms. The molecule has 0 unspecified atom stereocenters. The van der Waals surface area contributed by atoms with E-state index in [4.69, 9.17) is 4.74 Å². The van der Waals surface area contributed by atoms with Gasteiger partial charge in [-0.25, -0.2) is 4.79 Å². The Kier molecular flexibility index (Phi) is 2.31. The maximum absolute atomic E-state index is 11.1.